The molecule has 0 amide bonds. The third-order valence-corrected chi connectivity index (χ3v) is 6.00. The van der Waals surface area contributed by atoms with Crippen molar-refractivity contribution >= 4 is 22.7 Å². The summed E-state index contributed by atoms with van der Waals surface area (Å²) >= 11 is 0. The summed E-state index contributed by atoms with van der Waals surface area (Å²) in [5.74, 6) is 0.403. The molecule has 0 spiro atoms. The second-order valence-corrected chi connectivity index (χ2v) is 7.36. The minimum Gasteiger partial charge on any atom is -0.459 e. The molecule has 2 atom stereocenters. The van der Waals surface area contributed by atoms with E-state index in [-0.39, 0.29) is 23.5 Å². The van der Waals surface area contributed by atoms with Gasteiger partial charge in [-0.15, -0.1) is 0 Å². The molecule has 4 saturated heterocycles. The molecule has 0 aliphatic carbocycles. The van der Waals surface area contributed by atoms with Gasteiger partial charge in [0.1, 0.15) is 11.9 Å². The van der Waals surface area contributed by atoms with Crippen molar-refractivity contribution in [2.75, 3.05) is 6.54 Å². The Balaban J connectivity index is 0.00000157. The highest BCUT2D eigenvalue weighted by Gasteiger charge is 2.49. The van der Waals surface area contributed by atoms with Crippen LogP contribution in [0.4, 0.5) is 0 Å². The third kappa shape index (κ3) is 2.56. The number of hydrogen-bond donors (Lipinski definition) is 1. The van der Waals surface area contributed by atoms with Gasteiger partial charge in [0.15, 0.2) is 0 Å². The van der Waals surface area contributed by atoms with Gasteiger partial charge in [-0.05, 0) is 18.9 Å². The first kappa shape index (κ1) is 16.3. The Labute approximate surface area is 145 Å². The van der Waals surface area contributed by atoms with E-state index in [0.29, 0.717) is 30.0 Å². The summed E-state index contributed by atoms with van der Waals surface area (Å²) in [6.45, 7) is 0.600. The normalized spacial score (nSPS) is 33.1. The number of Topliss-reactive ketones (excluding diaryl/α,β-unsaturated/α-hetero) is 1. The highest BCUT2D eigenvalue weighted by Crippen LogP contribution is 2.42. The number of aromatic nitrogens is 1. The molecule has 5 heterocycles. The van der Waals surface area contributed by atoms with Crippen molar-refractivity contribution in [3.8, 4) is 0 Å². The molecule has 4 bridgehead atoms. The van der Waals surface area contributed by atoms with Crippen molar-refractivity contribution in [2.45, 2.75) is 43.9 Å². The maximum absolute atomic E-state index is 12.6. The fraction of sp³-hybridized carbons (Fsp3) is 0.474. The quantitative estimate of drug-likeness (QED) is 0.841. The van der Waals surface area contributed by atoms with Crippen molar-refractivity contribution in [3.05, 3.63) is 36.0 Å². The number of hydrogen-bond acceptors (Lipinski definition) is 4. The largest absolute Gasteiger partial charge is 0.459 e. The molecule has 0 saturated carbocycles. The van der Waals surface area contributed by atoms with Crippen LogP contribution < -0.4 is 0 Å². The molecular formula is C19H22N2O4. The van der Waals surface area contributed by atoms with Crippen LogP contribution in [0, 0.1) is 5.92 Å². The summed E-state index contributed by atoms with van der Waals surface area (Å²) in [7, 11) is 0. The molecule has 6 nitrogen and oxygen atoms in total. The molecule has 2 aromatic rings. The first-order valence-corrected chi connectivity index (χ1v) is 8.74. The van der Waals surface area contributed by atoms with Crippen molar-refractivity contribution in [2.24, 2.45) is 5.92 Å². The van der Waals surface area contributed by atoms with Crippen LogP contribution in [-0.4, -0.2) is 51.8 Å². The predicted molar refractivity (Wildman–Crippen MR) is 92.4 cm³/mol. The molecule has 4 aliphatic heterocycles. The maximum Gasteiger partial charge on any atom is 0.340 e. The number of rotatable bonds is 2. The molecule has 25 heavy (non-hydrogen) atoms. The van der Waals surface area contributed by atoms with Gasteiger partial charge in [0, 0.05) is 47.9 Å². The maximum atomic E-state index is 12.6. The number of ketones is 1. The van der Waals surface area contributed by atoms with Crippen molar-refractivity contribution in [1.82, 2.24) is 9.88 Å². The van der Waals surface area contributed by atoms with Crippen molar-refractivity contribution in [3.63, 3.8) is 0 Å². The zero-order chi connectivity index (χ0) is 16.3. The molecule has 6 heteroatoms. The summed E-state index contributed by atoms with van der Waals surface area (Å²) in [4.78, 5) is 30.0. The number of nitrogens with one attached hydrogen (secondary N) is 1. The lowest BCUT2D eigenvalue weighted by molar-refractivity contribution is -0.145. The lowest BCUT2D eigenvalue weighted by atomic mass is 9.72. The van der Waals surface area contributed by atoms with Gasteiger partial charge < -0.3 is 15.2 Å². The van der Waals surface area contributed by atoms with Crippen LogP contribution >= 0.6 is 0 Å². The van der Waals surface area contributed by atoms with E-state index in [9.17, 15) is 9.59 Å². The average molecular weight is 342 g/mol. The number of aromatic amines is 1. The van der Waals surface area contributed by atoms with E-state index < -0.39 is 0 Å². The van der Waals surface area contributed by atoms with Gasteiger partial charge in [-0.2, -0.15) is 0 Å². The Bertz CT molecular complexity index is 814. The van der Waals surface area contributed by atoms with Crippen LogP contribution in [0.1, 0.15) is 36.0 Å². The second kappa shape index (κ2) is 5.97. The zero-order valence-electron chi connectivity index (χ0n) is 13.9. The van der Waals surface area contributed by atoms with Gasteiger partial charge in [0.05, 0.1) is 12.1 Å². The Morgan fingerprint density at radius 2 is 1.84 bits per heavy atom. The Hall–Kier alpha value is -2.18. The highest BCUT2D eigenvalue weighted by molar-refractivity contribution is 6.04. The molecule has 3 N–H and O–H groups in total. The molecule has 1 aromatic heterocycles. The monoisotopic (exact) mass is 342 g/mol. The molecule has 4 fully saturated rings. The number of H-pyrrole nitrogens is 1. The number of nitrogens with zero attached hydrogens (tertiary/aromatic N) is 1. The predicted octanol–water partition coefficient (Wildman–Crippen LogP) is 1.69. The van der Waals surface area contributed by atoms with Gasteiger partial charge in [0.2, 0.25) is 0 Å². The van der Waals surface area contributed by atoms with Crippen LogP contribution in [0.25, 0.3) is 10.9 Å². The van der Waals surface area contributed by atoms with E-state index in [4.69, 9.17) is 4.74 Å². The summed E-state index contributed by atoms with van der Waals surface area (Å²) < 4.78 is 5.84. The van der Waals surface area contributed by atoms with Gasteiger partial charge in [0.25, 0.3) is 0 Å². The third-order valence-electron chi connectivity index (χ3n) is 6.00. The lowest BCUT2D eigenvalue weighted by Gasteiger charge is -2.54. The Morgan fingerprint density at radius 1 is 1.12 bits per heavy atom. The van der Waals surface area contributed by atoms with Gasteiger partial charge in [-0.1, -0.05) is 18.2 Å². The number of ether oxygens (including phenoxy) is 1. The fourth-order valence-electron chi connectivity index (χ4n) is 4.87. The fourth-order valence-corrected chi connectivity index (χ4v) is 4.87. The van der Waals surface area contributed by atoms with E-state index in [1.165, 1.54) is 0 Å². The van der Waals surface area contributed by atoms with Gasteiger partial charge in [-0.25, -0.2) is 4.79 Å². The molecule has 6 rings (SSSR count). The van der Waals surface area contributed by atoms with E-state index in [0.717, 1.165) is 36.6 Å². The van der Waals surface area contributed by atoms with Crippen LogP contribution in [0.15, 0.2) is 30.5 Å². The molecule has 132 valence electrons. The van der Waals surface area contributed by atoms with Crippen LogP contribution in [0.5, 0.6) is 0 Å². The first-order valence-electron chi connectivity index (χ1n) is 8.74. The van der Waals surface area contributed by atoms with Gasteiger partial charge >= 0.3 is 5.97 Å². The van der Waals surface area contributed by atoms with Crippen molar-refractivity contribution in [1.29, 1.82) is 0 Å². The van der Waals surface area contributed by atoms with E-state index in [2.05, 4.69) is 9.88 Å². The summed E-state index contributed by atoms with van der Waals surface area (Å²) in [5, 5.41) is 0.909. The SMILES string of the molecule is O.O=C(OC1CC2CC3CC(C1)N2CC3=O)c1c[nH]c2ccccc12. The highest BCUT2D eigenvalue weighted by atomic mass is 16.5. The number of esters is 1. The number of fused-ring (bicyclic) bond motifs is 2. The average Bonchev–Trinajstić information content (AvgIpc) is 2.99. The number of piperidine rings is 4. The molecular weight excluding hydrogens is 320 g/mol. The number of carbonyl (C=O) groups excluding carboxylic acids is 2. The number of carbonyl (C=O) groups is 2. The number of para-hydroxylation sites is 1. The topological polar surface area (TPSA) is 93.9 Å². The Kier molecular flexibility index (Phi) is 3.89. The molecule has 4 aliphatic rings. The standard InChI is InChI=1S/C19H20N2O3.H2O/c22-18-10-21-12-5-11(18)6-13(21)8-14(7-12)24-19(23)16-9-20-17-4-2-1-3-15(16)17;/h1-4,9,11-14,20H,5-8,10H2;1H2. The van der Waals surface area contributed by atoms with E-state index in [1.807, 2.05) is 24.3 Å². The Morgan fingerprint density at radius 3 is 2.56 bits per heavy atom. The minimum absolute atomic E-state index is 0. The van der Waals surface area contributed by atoms with Gasteiger partial charge in [-0.3, -0.25) is 9.69 Å². The summed E-state index contributed by atoms with van der Waals surface area (Å²) in [5.41, 5.74) is 1.56. The summed E-state index contributed by atoms with van der Waals surface area (Å²) in [6.07, 6.45) is 5.29. The molecule has 1 aromatic carbocycles. The smallest absolute Gasteiger partial charge is 0.340 e. The second-order valence-electron chi connectivity index (χ2n) is 7.36. The zero-order valence-corrected chi connectivity index (χ0v) is 13.9. The van der Waals surface area contributed by atoms with E-state index >= 15 is 0 Å². The summed E-state index contributed by atoms with van der Waals surface area (Å²) in [6, 6.07) is 8.58. The molecule has 0 radical (unpaired) electrons. The van der Waals surface area contributed by atoms with Crippen LogP contribution in [0.3, 0.4) is 0 Å². The van der Waals surface area contributed by atoms with Crippen LogP contribution in [-0.2, 0) is 9.53 Å². The van der Waals surface area contributed by atoms with Crippen LogP contribution in [0.2, 0.25) is 0 Å². The lowest BCUT2D eigenvalue weighted by Crippen LogP contribution is -2.63. The minimum atomic E-state index is -0.242. The van der Waals surface area contributed by atoms with Crippen molar-refractivity contribution < 1.29 is 19.8 Å². The first-order chi connectivity index (χ1) is 11.7. The molecule has 2 unspecified atom stereocenters. The number of benzene rings is 1. The van der Waals surface area contributed by atoms with E-state index in [1.54, 1.807) is 6.20 Å².